The van der Waals surface area contributed by atoms with Crippen LogP contribution in [0.3, 0.4) is 0 Å². The van der Waals surface area contributed by atoms with E-state index in [2.05, 4.69) is 16.9 Å². The second kappa shape index (κ2) is 15.1. The molecule has 0 radical (unpaired) electrons. The number of allylic oxidation sites excluding steroid dienone is 1. The summed E-state index contributed by atoms with van der Waals surface area (Å²) in [7, 11) is 0. The van der Waals surface area contributed by atoms with Crippen LogP contribution in [0.4, 0.5) is 17.6 Å². The molecule has 6 nitrogen and oxygen atoms in total. The van der Waals surface area contributed by atoms with Gasteiger partial charge in [0.05, 0.1) is 30.4 Å². The van der Waals surface area contributed by atoms with E-state index in [4.69, 9.17) is 14.3 Å². The fourth-order valence-electron chi connectivity index (χ4n) is 5.20. The van der Waals surface area contributed by atoms with Crippen LogP contribution in [0.1, 0.15) is 95.1 Å². The lowest BCUT2D eigenvalue weighted by molar-refractivity contribution is -0.180. The molecule has 40 heavy (non-hydrogen) atoms. The minimum absolute atomic E-state index is 0.00437. The highest BCUT2D eigenvalue weighted by atomic mass is 19.3. The van der Waals surface area contributed by atoms with Crippen molar-refractivity contribution >= 4 is 5.71 Å². The number of pyridine rings is 1. The Bertz CT molecular complexity index is 1000. The third kappa shape index (κ3) is 8.65. The monoisotopic (exact) mass is 569 g/mol. The lowest BCUT2D eigenvalue weighted by atomic mass is 9.78. The van der Waals surface area contributed by atoms with E-state index in [-0.39, 0.29) is 30.0 Å². The van der Waals surface area contributed by atoms with Crippen LogP contribution in [-0.4, -0.2) is 48.6 Å². The zero-order valence-electron chi connectivity index (χ0n) is 23.6. The van der Waals surface area contributed by atoms with Crippen LogP contribution in [0.2, 0.25) is 0 Å². The van der Waals surface area contributed by atoms with Crippen LogP contribution in [0.25, 0.3) is 0 Å². The van der Waals surface area contributed by atoms with Gasteiger partial charge < -0.3 is 9.47 Å². The Morgan fingerprint density at radius 3 is 2.50 bits per heavy atom. The first-order valence-electron chi connectivity index (χ1n) is 15.0. The van der Waals surface area contributed by atoms with E-state index >= 15 is 8.78 Å². The maximum Gasteiger partial charge on any atom is 0.288 e. The maximum absolute atomic E-state index is 15.5. The Kier molecular flexibility index (Phi) is 11.6. The van der Waals surface area contributed by atoms with Crippen molar-refractivity contribution in [1.29, 1.82) is 0 Å². The fraction of sp³-hybridized carbons (Fsp3) is 0.733. The fourth-order valence-corrected chi connectivity index (χ4v) is 5.20. The average molecular weight is 570 g/mol. The summed E-state index contributed by atoms with van der Waals surface area (Å²) in [5, 5.41) is 0.950. The van der Waals surface area contributed by atoms with E-state index in [9.17, 15) is 8.78 Å². The summed E-state index contributed by atoms with van der Waals surface area (Å²) < 4.78 is 71.7. The molecule has 1 aromatic heterocycles. The highest BCUT2D eigenvalue weighted by molar-refractivity contribution is 5.98. The Morgan fingerprint density at radius 1 is 0.975 bits per heavy atom. The molecule has 1 aliphatic heterocycles. The van der Waals surface area contributed by atoms with Gasteiger partial charge in [-0.1, -0.05) is 51.9 Å². The summed E-state index contributed by atoms with van der Waals surface area (Å²) in [6.45, 7) is 4.07. The van der Waals surface area contributed by atoms with Crippen molar-refractivity contribution in [2.24, 2.45) is 16.8 Å². The number of alkyl halides is 3. The molecule has 1 aromatic rings. The van der Waals surface area contributed by atoms with Crippen molar-refractivity contribution in [1.82, 2.24) is 10.0 Å². The van der Waals surface area contributed by atoms with Crippen LogP contribution < -0.4 is 4.74 Å². The summed E-state index contributed by atoms with van der Waals surface area (Å²) in [6.07, 6.45) is 12.6. The topological polar surface area (TPSA) is 56.2 Å². The molecule has 4 rings (SSSR count). The van der Waals surface area contributed by atoms with Gasteiger partial charge in [-0.25, -0.2) is 18.8 Å². The van der Waals surface area contributed by atoms with Gasteiger partial charge >= 0.3 is 0 Å². The molecule has 2 heterocycles. The van der Waals surface area contributed by atoms with Gasteiger partial charge in [0.1, 0.15) is 0 Å². The molecule has 224 valence electrons. The van der Waals surface area contributed by atoms with E-state index in [1.54, 1.807) is 0 Å². The predicted molar refractivity (Wildman–Crippen MR) is 145 cm³/mol. The molecule has 3 aliphatic rings. The number of halogens is 4. The van der Waals surface area contributed by atoms with Gasteiger partial charge in [0.2, 0.25) is 11.8 Å². The van der Waals surface area contributed by atoms with Crippen LogP contribution >= 0.6 is 0 Å². The summed E-state index contributed by atoms with van der Waals surface area (Å²) in [4.78, 5) is 13.0. The third-order valence-electron chi connectivity index (χ3n) is 7.74. The molecular formula is C30H43F4N3O3. The Labute approximate surface area is 235 Å². The van der Waals surface area contributed by atoms with Crippen LogP contribution in [0, 0.1) is 17.8 Å². The normalized spacial score (nSPS) is 21.8. The Hall–Kier alpha value is -2.20. The molecule has 2 unspecified atom stereocenters. The van der Waals surface area contributed by atoms with E-state index in [1.807, 2.05) is 0 Å². The number of hydrogen-bond donors (Lipinski definition) is 0. The van der Waals surface area contributed by atoms with Gasteiger partial charge in [-0.05, 0) is 56.1 Å². The van der Waals surface area contributed by atoms with E-state index in [0.29, 0.717) is 26.2 Å². The van der Waals surface area contributed by atoms with Crippen LogP contribution in [-0.2, 0) is 21.9 Å². The molecule has 0 spiro atoms. The number of aliphatic imine (C=N–C) groups is 1. The van der Waals surface area contributed by atoms with E-state index in [1.165, 1.54) is 44.0 Å². The highest BCUT2D eigenvalue weighted by Gasteiger charge is 2.50. The first-order chi connectivity index (χ1) is 19.4. The zero-order valence-corrected chi connectivity index (χ0v) is 23.6. The summed E-state index contributed by atoms with van der Waals surface area (Å²) in [5.74, 6) is -5.39. The molecule has 10 heteroatoms. The minimum Gasteiger partial charge on any atom is -0.478 e. The van der Waals surface area contributed by atoms with Crippen molar-refractivity contribution in [2.75, 3.05) is 26.4 Å². The van der Waals surface area contributed by atoms with Gasteiger partial charge in [-0.3, -0.25) is 4.84 Å². The van der Waals surface area contributed by atoms with Gasteiger partial charge in [-0.15, -0.1) is 0 Å². The highest BCUT2D eigenvalue weighted by Crippen LogP contribution is 2.47. The van der Waals surface area contributed by atoms with Gasteiger partial charge in [0.25, 0.3) is 12.3 Å². The summed E-state index contributed by atoms with van der Waals surface area (Å²) >= 11 is 0. The van der Waals surface area contributed by atoms with Gasteiger partial charge in [-0.2, -0.15) is 13.8 Å². The average Bonchev–Trinajstić information content (AvgIpc) is 3.74. The number of unbranched alkanes of at least 4 members (excludes halogenated alkanes) is 5. The van der Waals surface area contributed by atoms with Crippen molar-refractivity contribution < 1.29 is 31.9 Å². The minimum atomic E-state index is -3.59. The standard InChI is InChI=1S/C30H43F4N3O3/c1-2-3-17-38-18-8-9-19-39-26-21-23-13-14-24(30(33,34)27(23)28(31)36-26)25-15-16-37(29(32)35-25)40-20-7-5-4-6-10-22-11-12-22/h15-16,21-22,24,29H,2-14,17-20H2,1H3. The van der Waals surface area contributed by atoms with E-state index in [0.717, 1.165) is 56.1 Å². The second-order valence-corrected chi connectivity index (χ2v) is 11.0. The lowest BCUT2D eigenvalue weighted by Crippen LogP contribution is -2.40. The largest absolute Gasteiger partial charge is 0.478 e. The Balaban J connectivity index is 1.25. The number of fused-ring (bicyclic) bond motifs is 1. The molecule has 0 amide bonds. The lowest BCUT2D eigenvalue weighted by Gasteiger charge is -2.35. The summed E-state index contributed by atoms with van der Waals surface area (Å²) in [6, 6.07) is 1.39. The maximum atomic E-state index is 15.5. The number of aromatic nitrogens is 1. The van der Waals surface area contributed by atoms with Crippen molar-refractivity contribution in [3.8, 4) is 5.88 Å². The predicted octanol–water partition coefficient (Wildman–Crippen LogP) is 7.67. The first-order valence-corrected chi connectivity index (χ1v) is 15.0. The number of ether oxygens (including phenoxy) is 2. The van der Waals surface area contributed by atoms with Crippen molar-refractivity contribution in [3.05, 3.63) is 35.4 Å². The Morgan fingerprint density at radius 2 is 1.73 bits per heavy atom. The van der Waals surface area contributed by atoms with Gasteiger partial charge in [0.15, 0.2) is 0 Å². The molecule has 2 aliphatic carbocycles. The van der Waals surface area contributed by atoms with Crippen molar-refractivity contribution in [3.63, 3.8) is 0 Å². The van der Waals surface area contributed by atoms with Crippen LogP contribution in [0.5, 0.6) is 5.88 Å². The number of aryl methyl sites for hydroxylation is 1. The third-order valence-corrected chi connectivity index (χ3v) is 7.74. The molecule has 2 atom stereocenters. The molecule has 0 bridgehead atoms. The molecule has 0 aromatic carbocycles. The smallest absolute Gasteiger partial charge is 0.288 e. The molecule has 0 N–H and O–H groups in total. The molecule has 0 saturated heterocycles. The zero-order chi connectivity index (χ0) is 28.4. The van der Waals surface area contributed by atoms with Crippen molar-refractivity contribution in [2.45, 2.75) is 103 Å². The molecule has 1 fully saturated rings. The quantitative estimate of drug-likeness (QED) is 0.0786. The molecular weight excluding hydrogens is 526 g/mol. The number of rotatable bonds is 18. The molecule has 1 saturated carbocycles. The van der Waals surface area contributed by atoms with Gasteiger partial charge in [0, 0.05) is 25.5 Å². The van der Waals surface area contributed by atoms with E-state index < -0.39 is 29.8 Å². The summed E-state index contributed by atoms with van der Waals surface area (Å²) in [5.41, 5.74) is -0.706. The second-order valence-electron chi connectivity index (χ2n) is 11.0. The number of hydrogen-bond acceptors (Lipinski definition) is 6. The SMILES string of the molecule is CCCCOCCCCOc1cc2c(c(F)n1)C(F)(F)C(C1=NC(F)N(OCCCCCCC3CC3)C=C1)CC2. The number of hydroxylamine groups is 2. The van der Waals surface area contributed by atoms with Crippen LogP contribution in [0.15, 0.2) is 23.3 Å². The first kappa shape index (κ1) is 30.8. The number of nitrogens with zero attached hydrogens (tertiary/aromatic N) is 3.